The number of aromatic nitrogens is 2. The maximum Gasteiger partial charge on any atom is 0.141 e. The minimum absolute atomic E-state index is 0.316. The van der Waals surface area contributed by atoms with Crippen molar-refractivity contribution in [2.75, 3.05) is 0 Å². The number of hydrogen-bond acceptors (Lipinski definition) is 4. The Hall–Kier alpha value is -2.37. The Bertz CT molecular complexity index is 722. The molecule has 3 aromatic rings. The van der Waals surface area contributed by atoms with Crippen molar-refractivity contribution in [3.63, 3.8) is 0 Å². The molecule has 0 saturated heterocycles. The number of hydrogen-bond donors (Lipinski definition) is 2. The molecule has 5 heteroatoms. The molecule has 0 aliphatic rings. The monoisotopic (exact) mass is 268 g/mol. The normalized spacial score (nSPS) is 12.5. The molecule has 4 nitrogen and oxygen atoms in total. The van der Waals surface area contributed by atoms with E-state index in [0.29, 0.717) is 5.69 Å². The molecule has 1 unspecified atom stereocenters. The number of halogens is 1. The van der Waals surface area contributed by atoms with Gasteiger partial charge in [-0.3, -0.25) is 15.8 Å². The second-order valence-electron chi connectivity index (χ2n) is 4.42. The summed E-state index contributed by atoms with van der Waals surface area (Å²) in [7, 11) is 0. The van der Waals surface area contributed by atoms with Crippen molar-refractivity contribution in [3.8, 4) is 0 Å². The fourth-order valence-electron chi connectivity index (χ4n) is 2.27. The Balaban J connectivity index is 2.14. The van der Waals surface area contributed by atoms with Crippen LogP contribution in [-0.4, -0.2) is 9.97 Å². The molecule has 0 aliphatic carbocycles. The van der Waals surface area contributed by atoms with Crippen LogP contribution in [0.3, 0.4) is 0 Å². The lowest BCUT2D eigenvalue weighted by Crippen LogP contribution is -2.29. The number of pyridine rings is 2. The summed E-state index contributed by atoms with van der Waals surface area (Å²) in [5, 5.41) is 0.990. The molecule has 0 bridgehead atoms. The van der Waals surface area contributed by atoms with Crippen LogP contribution in [0.4, 0.5) is 4.39 Å². The first kappa shape index (κ1) is 12.7. The average molecular weight is 268 g/mol. The number of rotatable bonds is 3. The van der Waals surface area contributed by atoms with Crippen molar-refractivity contribution < 1.29 is 4.39 Å². The van der Waals surface area contributed by atoms with Crippen molar-refractivity contribution in [3.05, 3.63) is 71.9 Å². The smallest absolute Gasteiger partial charge is 0.141 e. The van der Waals surface area contributed by atoms with E-state index in [1.165, 1.54) is 12.3 Å². The summed E-state index contributed by atoms with van der Waals surface area (Å²) in [5.74, 6) is 5.29. The van der Waals surface area contributed by atoms with Crippen LogP contribution in [0, 0.1) is 5.82 Å². The Labute approximate surface area is 115 Å². The molecule has 1 atom stereocenters. The van der Waals surface area contributed by atoms with Crippen LogP contribution in [0.15, 0.2) is 54.9 Å². The van der Waals surface area contributed by atoms with Gasteiger partial charge in [-0.25, -0.2) is 9.82 Å². The van der Waals surface area contributed by atoms with Crippen LogP contribution in [0.25, 0.3) is 10.9 Å². The van der Waals surface area contributed by atoms with E-state index in [4.69, 9.17) is 5.84 Å². The molecule has 3 rings (SSSR count). The van der Waals surface area contributed by atoms with Crippen LogP contribution in [0.1, 0.15) is 17.3 Å². The van der Waals surface area contributed by atoms with E-state index in [0.717, 1.165) is 16.5 Å². The summed E-state index contributed by atoms with van der Waals surface area (Å²) >= 11 is 0. The largest absolute Gasteiger partial charge is 0.271 e. The van der Waals surface area contributed by atoms with Crippen LogP contribution in [-0.2, 0) is 0 Å². The van der Waals surface area contributed by atoms with Crippen molar-refractivity contribution in [1.29, 1.82) is 0 Å². The molecule has 2 aromatic heterocycles. The number of nitrogens with zero attached hydrogens (tertiary/aromatic N) is 2. The number of benzene rings is 1. The third kappa shape index (κ3) is 2.24. The molecular weight excluding hydrogens is 255 g/mol. The molecule has 0 saturated carbocycles. The summed E-state index contributed by atoms with van der Waals surface area (Å²) in [6.07, 6.45) is 2.93. The second kappa shape index (κ2) is 5.32. The Morgan fingerprint density at radius 2 is 1.95 bits per heavy atom. The maximum atomic E-state index is 13.0. The molecule has 0 amide bonds. The van der Waals surface area contributed by atoms with Gasteiger partial charge in [0.05, 0.1) is 23.4 Å². The lowest BCUT2D eigenvalue weighted by molar-refractivity contribution is 0.598. The third-order valence-corrected chi connectivity index (χ3v) is 3.20. The maximum absolute atomic E-state index is 13.0. The first-order chi connectivity index (χ1) is 9.79. The quantitative estimate of drug-likeness (QED) is 0.565. The second-order valence-corrected chi connectivity index (χ2v) is 4.42. The van der Waals surface area contributed by atoms with Crippen molar-refractivity contribution in [2.24, 2.45) is 5.84 Å². The minimum atomic E-state index is -0.371. The van der Waals surface area contributed by atoms with Gasteiger partial charge in [0.15, 0.2) is 0 Å². The summed E-state index contributed by atoms with van der Waals surface area (Å²) in [4.78, 5) is 8.41. The summed E-state index contributed by atoms with van der Waals surface area (Å²) in [6.45, 7) is 0. The molecule has 3 N–H and O–H groups in total. The standard InChI is InChI=1S/C15H13FN4/c16-10-6-7-14(19-9-10)15(20-17)12-3-1-5-13-11(12)4-2-8-18-13/h1-9,15,20H,17H2. The summed E-state index contributed by atoms with van der Waals surface area (Å²) in [5.41, 5.74) is 5.23. The number of fused-ring (bicyclic) bond motifs is 1. The molecule has 2 heterocycles. The highest BCUT2D eigenvalue weighted by atomic mass is 19.1. The van der Waals surface area contributed by atoms with Crippen molar-refractivity contribution in [1.82, 2.24) is 15.4 Å². The lowest BCUT2D eigenvalue weighted by atomic mass is 9.99. The van der Waals surface area contributed by atoms with E-state index in [2.05, 4.69) is 15.4 Å². The van der Waals surface area contributed by atoms with Gasteiger partial charge in [0.1, 0.15) is 5.82 Å². The van der Waals surface area contributed by atoms with Gasteiger partial charge in [0.25, 0.3) is 0 Å². The Morgan fingerprint density at radius 3 is 2.70 bits per heavy atom. The lowest BCUT2D eigenvalue weighted by Gasteiger charge is -2.17. The molecule has 0 spiro atoms. The van der Waals surface area contributed by atoms with E-state index in [9.17, 15) is 4.39 Å². The van der Waals surface area contributed by atoms with E-state index >= 15 is 0 Å². The van der Waals surface area contributed by atoms with E-state index in [1.54, 1.807) is 12.3 Å². The van der Waals surface area contributed by atoms with Gasteiger partial charge in [-0.15, -0.1) is 0 Å². The SMILES string of the molecule is NNC(c1ccc(F)cn1)c1cccc2ncccc12. The van der Waals surface area contributed by atoms with Gasteiger partial charge in [-0.05, 0) is 29.8 Å². The van der Waals surface area contributed by atoms with Gasteiger partial charge in [0.2, 0.25) is 0 Å². The number of nitrogens with two attached hydrogens (primary N) is 1. The first-order valence-corrected chi connectivity index (χ1v) is 6.21. The zero-order chi connectivity index (χ0) is 13.9. The molecule has 0 radical (unpaired) electrons. The Kier molecular flexibility index (Phi) is 3.37. The highest BCUT2D eigenvalue weighted by molar-refractivity contribution is 5.82. The molecule has 100 valence electrons. The summed E-state index contributed by atoms with van der Waals surface area (Å²) in [6, 6.07) is 12.3. The van der Waals surface area contributed by atoms with Gasteiger partial charge < -0.3 is 0 Å². The van der Waals surface area contributed by atoms with Crippen LogP contribution in [0.5, 0.6) is 0 Å². The van der Waals surface area contributed by atoms with Gasteiger partial charge in [0, 0.05) is 11.6 Å². The van der Waals surface area contributed by atoms with E-state index < -0.39 is 0 Å². The highest BCUT2D eigenvalue weighted by Gasteiger charge is 2.16. The van der Waals surface area contributed by atoms with E-state index in [-0.39, 0.29) is 11.9 Å². The molecule has 0 fully saturated rings. The minimum Gasteiger partial charge on any atom is -0.271 e. The Morgan fingerprint density at radius 1 is 1.05 bits per heavy atom. The fourth-order valence-corrected chi connectivity index (χ4v) is 2.27. The van der Waals surface area contributed by atoms with Crippen molar-refractivity contribution in [2.45, 2.75) is 6.04 Å². The highest BCUT2D eigenvalue weighted by Crippen LogP contribution is 2.26. The fraction of sp³-hybridized carbons (Fsp3) is 0.0667. The third-order valence-electron chi connectivity index (χ3n) is 3.20. The van der Waals surface area contributed by atoms with Crippen LogP contribution >= 0.6 is 0 Å². The molecule has 20 heavy (non-hydrogen) atoms. The van der Waals surface area contributed by atoms with Crippen LogP contribution < -0.4 is 11.3 Å². The van der Waals surface area contributed by atoms with Gasteiger partial charge in [-0.2, -0.15) is 0 Å². The van der Waals surface area contributed by atoms with E-state index in [1.807, 2.05) is 30.3 Å². The van der Waals surface area contributed by atoms with Gasteiger partial charge in [-0.1, -0.05) is 18.2 Å². The van der Waals surface area contributed by atoms with Gasteiger partial charge >= 0.3 is 0 Å². The number of nitrogens with one attached hydrogen (secondary N) is 1. The zero-order valence-corrected chi connectivity index (χ0v) is 10.6. The average Bonchev–Trinajstić information content (AvgIpc) is 2.50. The molecular formula is C15H13FN4. The summed E-state index contributed by atoms with van der Waals surface area (Å²) < 4.78 is 13.0. The topological polar surface area (TPSA) is 63.8 Å². The first-order valence-electron chi connectivity index (χ1n) is 6.21. The van der Waals surface area contributed by atoms with Crippen molar-refractivity contribution >= 4 is 10.9 Å². The van der Waals surface area contributed by atoms with Crippen LogP contribution in [0.2, 0.25) is 0 Å². The number of hydrazine groups is 1. The predicted octanol–water partition coefficient (Wildman–Crippen LogP) is 2.32. The molecule has 0 aliphatic heterocycles. The molecule has 1 aromatic carbocycles. The zero-order valence-electron chi connectivity index (χ0n) is 10.6. The predicted molar refractivity (Wildman–Crippen MR) is 75.1 cm³/mol.